The molecule has 0 radical (unpaired) electrons. The average Bonchev–Trinajstić information content (AvgIpc) is 3.47. The number of anilines is 2. The lowest BCUT2D eigenvalue weighted by Gasteiger charge is -2.34. The highest BCUT2D eigenvalue weighted by atomic mass is 16.2. The minimum Gasteiger partial charge on any atom is -0.342 e. The summed E-state index contributed by atoms with van der Waals surface area (Å²) in [7, 11) is 1.84. The van der Waals surface area contributed by atoms with Crippen LogP contribution in [-0.4, -0.2) is 59.6 Å². The van der Waals surface area contributed by atoms with Crippen molar-refractivity contribution in [3.63, 3.8) is 0 Å². The van der Waals surface area contributed by atoms with E-state index in [9.17, 15) is 19.2 Å². The van der Waals surface area contributed by atoms with E-state index in [-0.39, 0.29) is 41.9 Å². The largest absolute Gasteiger partial charge is 0.342 e. The summed E-state index contributed by atoms with van der Waals surface area (Å²) in [6, 6.07) is 14.6. The van der Waals surface area contributed by atoms with E-state index in [4.69, 9.17) is 0 Å². The van der Waals surface area contributed by atoms with Crippen LogP contribution < -0.4 is 10.6 Å². The molecular weight excluding hydrogens is 504 g/mol. The van der Waals surface area contributed by atoms with Gasteiger partial charge in [-0.2, -0.15) is 0 Å². The lowest BCUT2D eigenvalue weighted by Crippen LogP contribution is -2.45. The highest BCUT2D eigenvalue weighted by molar-refractivity contribution is 5.98. The molecule has 40 heavy (non-hydrogen) atoms. The molecule has 2 aromatic carbocycles. The Balaban J connectivity index is 1.10. The Morgan fingerprint density at radius 1 is 0.825 bits per heavy atom. The van der Waals surface area contributed by atoms with E-state index < -0.39 is 0 Å². The number of benzene rings is 2. The smallest absolute Gasteiger partial charge is 0.253 e. The summed E-state index contributed by atoms with van der Waals surface area (Å²) >= 11 is 0. The van der Waals surface area contributed by atoms with Gasteiger partial charge in [0.15, 0.2) is 0 Å². The molecule has 5 rings (SSSR count). The Morgan fingerprint density at radius 2 is 1.55 bits per heavy atom. The van der Waals surface area contributed by atoms with Crippen molar-refractivity contribution in [2.45, 2.75) is 70.3 Å². The molecule has 1 heterocycles. The predicted octanol–water partition coefficient (Wildman–Crippen LogP) is 4.86. The summed E-state index contributed by atoms with van der Waals surface area (Å²) in [4.78, 5) is 55.0. The minimum absolute atomic E-state index is 0.0280. The second kappa shape index (κ2) is 12.7. The van der Waals surface area contributed by atoms with Crippen LogP contribution in [0.4, 0.5) is 11.4 Å². The van der Waals surface area contributed by atoms with Gasteiger partial charge in [0.05, 0.1) is 12.3 Å². The van der Waals surface area contributed by atoms with Crippen molar-refractivity contribution in [2.24, 2.45) is 11.8 Å². The molecule has 1 unspecified atom stereocenters. The molecule has 2 saturated carbocycles. The molecule has 4 amide bonds. The van der Waals surface area contributed by atoms with Crippen LogP contribution in [0.2, 0.25) is 0 Å². The van der Waals surface area contributed by atoms with Crippen LogP contribution in [0.1, 0.15) is 73.7 Å². The molecule has 2 N–H and O–H groups in total. The number of carbonyl (C=O) groups is 4. The normalized spacial score (nSPS) is 19.5. The van der Waals surface area contributed by atoms with Crippen LogP contribution in [-0.2, 0) is 20.8 Å². The Hall–Kier alpha value is -3.68. The SMILES string of the molecule is CN(C(=O)c1cccc(NC(=O)Cc2ccc(NC(=O)C3CCCN(C(=O)C4CCCC4)C3)cc2)c1)C1CCC1. The number of hydrogen-bond donors (Lipinski definition) is 2. The van der Waals surface area contributed by atoms with Gasteiger partial charge in [-0.05, 0) is 80.8 Å². The van der Waals surface area contributed by atoms with E-state index in [1.807, 2.05) is 24.1 Å². The first-order chi connectivity index (χ1) is 19.4. The molecule has 0 aromatic heterocycles. The predicted molar refractivity (Wildman–Crippen MR) is 155 cm³/mol. The molecule has 3 fully saturated rings. The summed E-state index contributed by atoms with van der Waals surface area (Å²) in [6.45, 7) is 1.23. The highest BCUT2D eigenvalue weighted by Crippen LogP contribution is 2.29. The minimum atomic E-state index is -0.208. The van der Waals surface area contributed by atoms with Crippen molar-refractivity contribution in [1.29, 1.82) is 0 Å². The summed E-state index contributed by atoms with van der Waals surface area (Å²) in [6.07, 6.45) is 9.24. The van der Waals surface area contributed by atoms with E-state index in [1.54, 1.807) is 41.3 Å². The quantitative estimate of drug-likeness (QED) is 0.496. The van der Waals surface area contributed by atoms with Gasteiger partial charge in [0.25, 0.3) is 5.91 Å². The monoisotopic (exact) mass is 544 g/mol. The maximum absolute atomic E-state index is 13.0. The molecule has 1 saturated heterocycles. The fourth-order valence-corrected chi connectivity index (χ4v) is 6.04. The second-order valence-electron chi connectivity index (χ2n) is 11.6. The van der Waals surface area contributed by atoms with E-state index in [0.717, 1.165) is 69.9 Å². The van der Waals surface area contributed by atoms with Crippen molar-refractivity contribution in [1.82, 2.24) is 9.80 Å². The van der Waals surface area contributed by atoms with Crippen LogP contribution in [0, 0.1) is 11.8 Å². The van der Waals surface area contributed by atoms with Gasteiger partial charge in [-0.3, -0.25) is 19.2 Å². The van der Waals surface area contributed by atoms with Gasteiger partial charge in [0, 0.05) is 49.0 Å². The number of hydrogen-bond acceptors (Lipinski definition) is 4. The van der Waals surface area contributed by atoms with E-state index >= 15 is 0 Å². The van der Waals surface area contributed by atoms with Gasteiger partial charge in [-0.1, -0.05) is 31.0 Å². The number of nitrogens with zero attached hydrogens (tertiary/aromatic N) is 2. The summed E-state index contributed by atoms with van der Waals surface area (Å²) in [5.74, 6) is -0.121. The van der Waals surface area contributed by atoms with Gasteiger partial charge in [-0.15, -0.1) is 0 Å². The highest BCUT2D eigenvalue weighted by Gasteiger charge is 2.33. The number of nitrogens with one attached hydrogen (secondary N) is 2. The Labute approximate surface area is 236 Å². The number of likely N-dealkylation sites (tertiary alicyclic amines) is 1. The zero-order valence-electron chi connectivity index (χ0n) is 23.4. The van der Waals surface area contributed by atoms with Crippen molar-refractivity contribution < 1.29 is 19.2 Å². The third-order valence-corrected chi connectivity index (χ3v) is 8.73. The molecule has 0 bridgehead atoms. The molecule has 1 aliphatic heterocycles. The standard InChI is InChI=1S/C32H40N4O4/c1-35(28-12-5-13-28)31(39)24-9-4-11-27(20-24)33-29(37)19-22-14-16-26(17-15-22)34-30(38)25-10-6-18-36(21-25)32(40)23-7-2-3-8-23/h4,9,11,14-17,20,23,25,28H,2-3,5-8,10,12-13,18-19,21H2,1H3,(H,33,37)(H,34,38). The van der Waals surface area contributed by atoms with E-state index in [0.29, 0.717) is 29.5 Å². The third-order valence-electron chi connectivity index (χ3n) is 8.73. The first-order valence-electron chi connectivity index (χ1n) is 14.7. The third kappa shape index (κ3) is 6.72. The molecule has 3 aliphatic rings. The molecule has 212 valence electrons. The Morgan fingerprint density at radius 3 is 2.25 bits per heavy atom. The van der Waals surface area contributed by atoms with Crippen LogP contribution in [0.15, 0.2) is 48.5 Å². The van der Waals surface area contributed by atoms with Crippen LogP contribution in [0.25, 0.3) is 0 Å². The van der Waals surface area contributed by atoms with Crippen LogP contribution in [0.3, 0.4) is 0 Å². The van der Waals surface area contributed by atoms with Crippen LogP contribution in [0.5, 0.6) is 0 Å². The second-order valence-corrected chi connectivity index (χ2v) is 11.6. The summed E-state index contributed by atoms with van der Waals surface area (Å²) in [5, 5.41) is 5.88. The van der Waals surface area contributed by atoms with Gasteiger partial charge < -0.3 is 20.4 Å². The van der Waals surface area contributed by atoms with Gasteiger partial charge in [-0.25, -0.2) is 0 Å². The number of piperidine rings is 1. The lowest BCUT2D eigenvalue weighted by atomic mass is 9.91. The first-order valence-corrected chi connectivity index (χ1v) is 14.7. The fraction of sp³-hybridized carbons (Fsp3) is 0.500. The maximum atomic E-state index is 13.0. The van der Waals surface area contributed by atoms with Crippen molar-refractivity contribution in [3.05, 3.63) is 59.7 Å². The summed E-state index contributed by atoms with van der Waals surface area (Å²) in [5.41, 5.74) is 2.65. The number of carbonyl (C=O) groups excluding carboxylic acids is 4. The van der Waals surface area contributed by atoms with E-state index in [2.05, 4.69) is 10.6 Å². The molecule has 0 spiro atoms. The Bertz CT molecular complexity index is 1230. The van der Waals surface area contributed by atoms with Gasteiger partial charge in [0.1, 0.15) is 0 Å². The Kier molecular flexibility index (Phi) is 8.82. The maximum Gasteiger partial charge on any atom is 0.253 e. The van der Waals surface area contributed by atoms with Crippen LogP contribution >= 0.6 is 0 Å². The average molecular weight is 545 g/mol. The first kappa shape index (κ1) is 27.9. The number of rotatable bonds is 8. The molecule has 2 aromatic rings. The molecule has 2 aliphatic carbocycles. The molecule has 8 nitrogen and oxygen atoms in total. The number of amides is 4. The summed E-state index contributed by atoms with van der Waals surface area (Å²) < 4.78 is 0. The molecule has 8 heteroatoms. The van der Waals surface area contributed by atoms with Crippen molar-refractivity contribution in [3.8, 4) is 0 Å². The van der Waals surface area contributed by atoms with E-state index in [1.165, 1.54) is 0 Å². The molecule has 1 atom stereocenters. The van der Waals surface area contributed by atoms with Gasteiger partial charge >= 0.3 is 0 Å². The topological polar surface area (TPSA) is 98.8 Å². The van der Waals surface area contributed by atoms with Crippen molar-refractivity contribution in [2.75, 3.05) is 30.8 Å². The zero-order chi connectivity index (χ0) is 28.1. The lowest BCUT2D eigenvalue weighted by molar-refractivity contribution is -0.138. The van der Waals surface area contributed by atoms with Crippen molar-refractivity contribution >= 4 is 35.0 Å². The fourth-order valence-electron chi connectivity index (χ4n) is 6.04. The van der Waals surface area contributed by atoms with Gasteiger partial charge in [0.2, 0.25) is 17.7 Å². The zero-order valence-corrected chi connectivity index (χ0v) is 23.4. The molecular formula is C32H40N4O4.